The van der Waals surface area contributed by atoms with E-state index in [1.807, 2.05) is 0 Å². The zero-order chi connectivity index (χ0) is 6.85. The van der Waals surface area contributed by atoms with E-state index in [1.165, 1.54) is 0 Å². The van der Waals surface area contributed by atoms with Gasteiger partial charge in [0.2, 0.25) is 0 Å². The molecule has 0 aromatic heterocycles. The molecule has 2 nitrogen and oxygen atoms in total. The number of hydrogen-bond donors (Lipinski definition) is 0. The molecule has 0 fully saturated rings. The van der Waals surface area contributed by atoms with Crippen LogP contribution in [0.25, 0.3) is 0 Å². The van der Waals surface area contributed by atoms with E-state index < -0.39 is 6.01 Å². The van der Waals surface area contributed by atoms with Gasteiger partial charge in [-0.1, -0.05) is 0 Å². The van der Waals surface area contributed by atoms with Gasteiger partial charge in [0.05, 0.1) is 0 Å². The normalized spacial score (nSPS) is 27.2. The van der Waals surface area contributed by atoms with Gasteiger partial charge in [-0.05, 0) is 13.8 Å². The highest BCUT2D eigenvalue weighted by molar-refractivity contribution is 4.92. The summed E-state index contributed by atoms with van der Waals surface area (Å²) in [6, 6.07) is -0.589. The summed E-state index contributed by atoms with van der Waals surface area (Å²) in [5.41, 5.74) is 0. The Morgan fingerprint density at radius 3 is 2.78 bits per heavy atom. The molecule has 0 saturated carbocycles. The predicted molar refractivity (Wildman–Crippen MR) is 30.3 cm³/mol. The molecule has 52 valence electrons. The number of ether oxygens (including phenoxy) is 2. The Morgan fingerprint density at radius 2 is 2.33 bits per heavy atom. The van der Waals surface area contributed by atoms with E-state index >= 15 is 0 Å². The first-order valence-electron chi connectivity index (χ1n) is 2.86. The molecule has 1 atom stereocenters. The van der Waals surface area contributed by atoms with Crippen LogP contribution in [0.5, 0.6) is 0 Å². The Kier molecular flexibility index (Phi) is 1.60. The lowest BCUT2D eigenvalue weighted by Gasteiger charge is -2.20. The molecule has 0 spiro atoms. The van der Waals surface area contributed by atoms with Gasteiger partial charge in [0.15, 0.2) is 5.76 Å². The Morgan fingerprint density at radius 1 is 1.67 bits per heavy atom. The second kappa shape index (κ2) is 2.25. The highest BCUT2D eigenvalue weighted by atomic mass is 19.1. The van der Waals surface area contributed by atoms with Gasteiger partial charge in [0.1, 0.15) is 12.7 Å². The van der Waals surface area contributed by atoms with Crippen molar-refractivity contribution in [3.63, 3.8) is 0 Å². The summed E-state index contributed by atoms with van der Waals surface area (Å²) in [7, 11) is 0. The third-order valence-electron chi connectivity index (χ3n) is 1.12. The summed E-state index contributed by atoms with van der Waals surface area (Å²) >= 11 is 0. The van der Waals surface area contributed by atoms with E-state index in [-0.39, 0.29) is 11.9 Å². The van der Waals surface area contributed by atoms with Crippen LogP contribution in [-0.2, 0) is 9.47 Å². The van der Waals surface area contributed by atoms with Gasteiger partial charge in [0.25, 0.3) is 0 Å². The second-order valence-electron chi connectivity index (χ2n) is 2.07. The summed E-state index contributed by atoms with van der Waals surface area (Å²) in [6.45, 7) is 3.74. The van der Waals surface area contributed by atoms with Crippen LogP contribution in [0.15, 0.2) is 11.8 Å². The minimum atomic E-state index is -0.589. The molecular formula is C6H9FO2. The molecule has 0 bridgehead atoms. The number of allylic oxidation sites excluding steroid dienone is 1. The number of hydrogen-bond acceptors (Lipinski definition) is 2. The van der Waals surface area contributed by atoms with Gasteiger partial charge in [-0.15, -0.1) is 0 Å². The Labute approximate surface area is 53.3 Å². The summed E-state index contributed by atoms with van der Waals surface area (Å²) in [6.07, 6.45) is -0.159. The van der Waals surface area contributed by atoms with Crippen LogP contribution in [0.1, 0.15) is 13.8 Å². The monoisotopic (exact) mass is 132 g/mol. The van der Waals surface area contributed by atoms with E-state index in [0.717, 1.165) is 0 Å². The average molecular weight is 132 g/mol. The highest BCUT2D eigenvalue weighted by Crippen LogP contribution is 2.17. The van der Waals surface area contributed by atoms with Crippen molar-refractivity contribution in [2.24, 2.45) is 0 Å². The molecule has 0 aromatic rings. The quantitative estimate of drug-likeness (QED) is 0.498. The Bertz CT molecular complexity index is 142. The molecule has 1 aliphatic heterocycles. The lowest BCUT2D eigenvalue weighted by atomic mass is 10.4. The van der Waals surface area contributed by atoms with E-state index in [0.29, 0.717) is 6.61 Å². The topological polar surface area (TPSA) is 18.5 Å². The van der Waals surface area contributed by atoms with E-state index in [1.54, 1.807) is 13.8 Å². The standard InChI is InChI=1S/C6H9FO2/c1-4-3-8-5(2)6(7)9-4/h4H,3H2,1-2H3. The van der Waals surface area contributed by atoms with Crippen LogP contribution < -0.4 is 0 Å². The Balaban J connectivity index is 2.61. The van der Waals surface area contributed by atoms with Crippen LogP contribution in [0, 0.1) is 0 Å². The first-order chi connectivity index (χ1) is 4.20. The molecule has 1 rings (SSSR count). The van der Waals surface area contributed by atoms with Gasteiger partial charge in [0, 0.05) is 0 Å². The molecule has 3 heteroatoms. The van der Waals surface area contributed by atoms with Crippen LogP contribution in [0.2, 0.25) is 0 Å². The third kappa shape index (κ3) is 1.34. The van der Waals surface area contributed by atoms with Crippen molar-refractivity contribution in [3.05, 3.63) is 11.8 Å². The molecule has 0 amide bonds. The summed E-state index contributed by atoms with van der Waals surface area (Å²) < 4.78 is 21.9. The minimum Gasteiger partial charge on any atom is -0.488 e. The van der Waals surface area contributed by atoms with Gasteiger partial charge in [-0.3, -0.25) is 0 Å². The van der Waals surface area contributed by atoms with Crippen LogP contribution in [-0.4, -0.2) is 12.7 Å². The Hall–Kier alpha value is -0.730. The lowest BCUT2D eigenvalue weighted by Crippen LogP contribution is -2.19. The van der Waals surface area contributed by atoms with Crippen molar-refractivity contribution < 1.29 is 13.9 Å². The predicted octanol–water partition coefficient (Wildman–Crippen LogP) is 1.58. The highest BCUT2D eigenvalue weighted by Gasteiger charge is 2.16. The molecule has 1 unspecified atom stereocenters. The SMILES string of the molecule is CC1=C(F)OC(C)CO1. The average Bonchev–Trinajstić information content (AvgIpc) is 1.80. The van der Waals surface area contributed by atoms with Crippen LogP contribution in [0.3, 0.4) is 0 Å². The van der Waals surface area contributed by atoms with E-state index in [2.05, 4.69) is 4.74 Å². The van der Waals surface area contributed by atoms with Crippen LogP contribution >= 0.6 is 0 Å². The molecule has 0 radical (unpaired) electrons. The maximum atomic E-state index is 12.4. The van der Waals surface area contributed by atoms with Crippen LogP contribution in [0.4, 0.5) is 4.39 Å². The van der Waals surface area contributed by atoms with Crippen molar-refractivity contribution >= 4 is 0 Å². The van der Waals surface area contributed by atoms with Gasteiger partial charge >= 0.3 is 6.01 Å². The molecule has 0 saturated heterocycles. The van der Waals surface area contributed by atoms with Gasteiger partial charge < -0.3 is 9.47 Å². The lowest BCUT2D eigenvalue weighted by molar-refractivity contribution is -0.0243. The minimum absolute atomic E-state index is 0.159. The first-order valence-corrected chi connectivity index (χ1v) is 2.86. The fraction of sp³-hybridized carbons (Fsp3) is 0.667. The zero-order valence-corrected chi connectivity index (χ0v) is 5.48. The van der Waals surface area contributed by atoms with Gasteiger partial charge in [-0.25, -0.2) is 0 Å². The summed E-state index contributed by atoms with van der Waals surface area (Å²) in [4.78, 5) is 0. The molecule has 1 aliphatic rings. The molecule has 9 heavy (non-hydrogen) atoms. The molecule has 1 heterocycles. The van der Waals surface area contributed by atoms with Crippen molar-refractivity contribution in [3.8, 4) is 0 Å². The molecule has 0 aromatic carbocycles. The number of rotatable bonds is 0. The fourth-order valence-electron chi connectivity index (χ4n) is 0.593. The first kappa shape index (κ1) is 6.39. The molecule has 0 N–H and O–H groups in total. The molecule has 0 aliphatic carbocycles. The van der Waals surface area contributed by atoms with E-state index in [9.17, 15) is 4.39 Å². The summed E-state index contributed by atoms with van der Waals surface area (Å²) in [5.74, 6) is 0.244. The maximum Gasteiger partial charge on any atom is 0.311 e. The van der Waals surface area contributed by atoms with Crippen molar-refractivity contribution in [1.29, 1.82) is 0 Å². The van der Waals surface area contributed by atoms with Crippen molar-refractivity contribution in [2.75, 3.05) is 6.61 Å². The van der Waals surface area contributed by atoms with Crippen molar-refractivity contribution in [2.45, 2.75) is 20.0 Å². The van der Waals surface area contributed by atoms with E-state index in [4.69, 9.17) is 4.74 Å². The largest absolute Gasteiger partial charge is 0.488 e. The number of halogens is 1. The van der Waals surface area contributed by atoms with Crippen molar-refractivity contribution in [1.82, 2.24) is 0 Å². The molecular weight excluding hydrogens is 123 g/mol. The third-order valence-corrected chi connectivity index (χ3v) is 1.12. The fourth-order valence-corrected chi connectivity index (χ4v) is 0.593. The maximum absolute atomic E-state index is 12.4. The zero-order valence-electron chi connectivity index (χ0n) is 5.48. The second-order valence-corrected chi connectivity index (χ2v) is 2.07. The smallest absolute Gasteiger partial charge is 0.311 e. The van der Waals surface area contributed by atoms with Gasteiger partial charge in [-0.2, -0.15) is 4.39 Å². The summed E-state index contributed by atoms with van der Waals surface area (Å²) in [5, 5.41) is 0.